The van der Waals surface area contributed by atoms with E-state index >= 15 is 0 Å². The summed E-state index contributed by atoms with van der Waals surface area (Å²) in [6.45, 7) is 0.374. The molecule has 0 aliphatic rings. The van der Waals surface area contributed by atoms with Crippen LogP contribution in [0.1, 0.15) is 26.5 Å². The van der Waals surface area contributed by atoms with Gasteiger partial charge in [0.05, 0.1) is 15.6 Å². The van der Waals surface area contributed by atoms with E-state index in [1.807, 2.05) is 0 Å². The predicted octanol–water partition coefficient (Wildman–Crippen LogP) is 4.10. The minimum atomic E-state index is -1.12. The van der Waals surface area contributed by atoms with E-state index in [-0.39, 0.29) is 16.9 Å². The standard InChI is InChI=1S/C15H9Cl2NO4/c16-11-2-1-8(3-12(11)17)5-18-6-10(15(20)21)14-13(18)4-9(7-19)22-14/h1-4,6-7H,5H2,(H,20,21). The van der Waals surface area contributed by atoms with Gasteiger partial charge in [-0.1, -0.05) is 29.3 Å². The number of halogens is 2. The predicted molar refractivity (Wildman–Crippen MR) is 82.1 cm³/mol. The van der Waals surface area contributed by atoms with Crippen LogP contribution in [0.25, 0.3) is 11.1 Å². The lowest BCUT2D eigenvalue weighted by atomic mass is 10.2. The zero-order valence-electron chi connectivity index (χ0n) is 11.0. The van der Waals surface area contributed by atoms with E-state index in [1.165, 1.54) is 12.3 Å². The maximum atomic E-state index is 11.3. The fourth-order valence-electron chi connectivity index (χ4n) is 2.27. The Morgan fingerprint density at radius 2 is 2.05 bits per heavy atom. The highest BCUT2D eigenvalue weighted by Crippen LogP contribution is 2.27. The van der Waals surface area contributed by atoms with Crippen molar-refractivity contribution >= 4 is 46.6 Å². The van der Waals surface area contributed by atoms with Crippen molar-refractivity contribution in [1.29, 1.82) is 0 Å². The third kappa shape index (κ3) is 2.49. The molecule has 3 rings (SSSR count). The Balaban J connectivity index is 2.09. The number of carboxylic acid groups (broad SMARTS) is 1. The summed E-state index contributed by atoms with van der Waals surface area (Å²) in [5, 5.41) is 10.1. The number of furan rings is 1. The van der Waals surface area contributed by atoms with Crippen LogP contribution < -0.4 is 0 Å². The molecule has 1 N–H and O–H groups in total. The van der Waals surface area contributed by atoms with Gasteiger partial charge in [-0.3, -0.25) is 4.79 Å². The molecule has 2 heterocycles. The Kier molecular flexibility index (Phi) is 3.68. The van der Waals surface area contributed by atoms with Crippen molar-refractivity contribution in [2.45, 2.75) is 6.54 Å². The van der Waals surface area contributed by atoms with Gasteiger partial charge < -0.3 is 14.1 Å². The van der Waals surface area contributed by atoms with Crippen molar-refractivity contribution in [3.63, 3.8) is 0 Å². The molecule has 0 aliphatic carbocycles. The number of nitrogens with zero attached hydrogens (tertiary/aromatic N) is 1. The van der Waals surface area contributed by atoms with E-state index < -0.39 is 5.97 Å². The van der Waals surface area contributed by atoms with Crippen LogP contribution in [-0.2, 0) is 6.54 Å². The summed E-state index contributed by atoms with van der Waals surface area (Å²) < 4.78 is 6.94. The summed E-state index contributed by atoms with van der Waals surface area (Å²) in [5.41, 5.74) is 1.56. The number of aromatic nitrogens is 1. The van der Waals surface area contributed by atoms with Gasteiger partial charge in [0, 0.05) is 18.8 Å². The molecule has 0 fully saturated rings. The van der Waals surface area contributed by atoms with Crippen molar-refractivity contribution in [3.05, 3.63) is 57.4 Å². The number of fused-ring (bicyclic) bond motifs is 1. The van der Waals surface area contributed by atoms with E-state index in [9.17, 15) is 14.7 Å². The average molecular weight is 338 g/mol. The van der Waals surface area contributed by atoms with Crippen molar-refractivity contribution in [2.24, 2.45) is 0 Å². The zero-order chi connectivity index (χ0) is 15.9. The molecule has 112 valence electrons. The first-order valence-corrected chi connectivity index (χ1v) is 7.00. The number of hydrogen-bond donors (Lipinski definition) is 1. The van der Waals surface area contributed by atoms with Gasteiger partial charge in [-0.05, 0) is 17.7 Å². The molecule has 0 spiro atoms. The molecule has 0 bridgehead atoms. The van der Waals surface area contributed by atoms with Crippen molar-refractivity contribution < 1.29 is 19.1 Å². The first-order chi connectivity index (χ1) is 10.5. The van der Waals surface area contributed by atoms with Crippen LogP contribution in [-0.4, -0.2) is 21.9 Å². The Bertz CT molecular complexity index is 894. The second-order valence-corrected chi connectivity index (χ2v) is 5.52. The quantitative estimate of drug-likeness (QED) is 0.727. The van der Waals surface area contributed by atoms with Crippen molar-refractivity contribution in [2.75, 3.05) is 0 Å². The van der Waals surface area contributed by atoms with Crippen LogP contribution in [0.5, 0.6) is 0 Å². The molecule has 2 aromatic heterocycles. The Morgan fingerprint density at radius 1 is 1.27 bits per heavy atom. The van der Waals surface area contributed by atoms with E-state index in [0.29, 0.717) is 28.4 Å². The number of carbonyl (C=O) groups is 2. The summed E-state index contributed by atoms with van der Waals surface area (Å²) >= 11 is 11.9. The van der Waals surface area contributed by atoms with Crippen LogP contribution >= 0.6 is 23.2 Å². The number of carboxylic acids is 1. The average Bonchev–Trinajstić information content (AvgIpc) is 3.02. The molecule has 0 unspecified atom stereocenters. The molecule has 0 saturated heterocycles. The lowest BCUT2D eigenvalue weighted by Gasteiger charge is -2.05. The lowest BCUT2D eigenvalue weighted by Crippen LogP contribution is -1.99. The van der Waals surface area contributed by atoms with Crippen LogP contribution in [0, 0.1) is 0 Å². The summed E-state index contributed by atoms with van der Waals surface area (Å²) in [4.78, 5) is 22.1. The van der Waals surface area contributed by atoms with Crippen LogP contribution in [0.4, 0.5) is 0 Å². The monoisotopic (exact) mass is 337 g/mol. The largest absolute Gasteiger partial charge is 0.477 e. The molecule has 1 aromatic carbocycles. The van der Waals surface area contributed by atoms with Crippen LogP contribution in [0.2, 0.25) is 10.0 Å². The summed E-state index contributed by atoms with van der Waals surface area (Å²) in [5.74, 6) is -1.04. The highest BCUT2D eigenvalue weighted by molar-refractivity contribution is 6.42. The van der Waals surface area contributed by atoms with Gasteiger partial charge in [0.25, 0.3) is 0 Å². The fourth-order valence-corrected chi connectivity index (χ4v) is 2.59. The first-order valence-electron chi connectivity index (χ1n) is 6.24. The van der Waals surface area contributed by atoms with E-state index in [0.717, 1.165) is 5.56 Å². The number of carbonyl (C=O) groups excluding carboxylic acids is 1. The SMILES string of the molecule is O=Cc1cc2c(o1)c(C(=O)O)cn2Cc1ccc(Cl)c(Cl)c1. The zero-order valence-corrected chi connectivity index (χ0v) is 12.6. The van der Waals surface area contributed by atoms with Crippen molar-refractivity contribution in [1.82, 2.24) is 4.57 Å². The summed E-state index contributed by atoms with van der Waals surface area (Å²) in [6, 6.07) is 6.68. The molecule has 0 saturated carbocycles. The van der Waals surface area contributed by atoms with Crippen molar-refractivity contribution in [3.8, 4) is 0 Å². The molecule has 0 amide bonds. The molecular weight excluding hydrogens is 329 g/mol. The lowest BCUT2D eigenvalue weighted by molar-refractivity contribution is 0.0697. The Hall–Kier alpha value is -2.24. The number of hydrogen-bond acceptors (Lipinski definition) is 3. The minimum absolute atomic E-state index is 0.00293. The molecule has 3 aromatic rings. The number of aromatic carboxylic acids is 1. The Morgan fingerprint density at radius 3 is 2.68 bits per heavy atom. The third-order valence-electron chi connectivity index (χ3n) is 3.25. The molecule has 0 aliphatic heterocycles. The molecule has 0 atom stereocenters. The maximum absolute atomic E-state index is 11.3. The van der Waals surface area contributed by atoms with Gasteiger partial charge >= 0.3 is 5.97 Å². The molecule has 5 nitrogen and oxygen atoms in total. The topological polar surface area (TPSA) is 72.4 Å². The van der Waals surface area contributed by atoms with E-state index in [1.54, 1.807) is 22.8 Å². The van der Waals surface area contributed by atoms with E-state index in [2.05, 4.69) is 0 Å². The van der Waals surface area contributed by atoms with Gasteiger partial charge in [0.15, 0.2) is 17.6 Å². The number of rotatable bonds is 4. The molecule has 0 radical (unpaired) electrons. The van der Waals surface area contributed by atoms with E-state index in [4.69, 9.17) is 27.6 Å². The van der Waals surface area contributed by atoms with Gasteiger partial charge in [-0.15, -0.1) is 0 Å². The van der Waals surface area contributed by atoms with Gasteiger partial charge in [-0.25, -0.2) is 4.79 Å². The summed E-state index contributed by atoms with van der Waals surface area (Å²) in [7, 11) is 0. The normalized spacial score (nSPS) is 11.0. The van der Waals surface area contributed by atoms with Gasteiger partial charge in [0.1, 0.15) is 5.56 Å². The highest BCUT2D eigenvalue weighted by atomic mass is 35.5. The number of aldehydes is 1. The molecule has 22 heavy (non-hydrogen) atoms. The van der Waals surface area contributed by atoms with Crippen LogP contribution in [0.15, 0.2) is 34.9 Å². The Labute approximate surface area is 134 Å². The fraction of sp³-hybridized carbons (Fsp3) is 0.0667. The first kappa shape index (κ1) is 14.7. The summed E-state index contributed by atoms with van der Waals surface area (Å²) in [6.07, 6.45) is 2.00. The smallest absolute Gasteiger partial charge is 0.341 e. The number of benzene rings is 1. The highest BCUT2D eigenvalue weighted by Gasteiger charge is 2.19. The third-order valence-corrected chi connectivity index (χ3v) is 3.99. The maximum Gasteiger partial charge on any atom is 0.341 e. The van der Waals surface area contributed by atoms with Gasteiger partial charge in [0.2, 0.25) is 0 Å². The molecule has 7 heteroatoms. The second-order valence-electron chi connectivity index (χ2n) is 4.71. The molecular formula is C15H9Cl2NO4. The van der Waals surface area contributed by atoms with Gasteiger partial charge in [-0.2, -0.15) is 0 Å². The second kappa shape index (κ2) is 5.51. The minimum Gasteiger partial charge on any atom is -0.477 e. The van der Waals surface area contributed by atoms with Crippen LogP contribution in [0.3, 0.4) is 0 Å².